The molecule has 0 spiro atoms. The third-order valence-electron chi connectivity index (χ3n) is 4.28. The highest BCUT2D eigenvalue weighted by Gasteiger charge is 2.15. The average molecular weight is 328 g/mol. The van der Waals surface area contributed by atoms with Gasteiger partial charge < -0.3 is 9.67 Å². The van der Waals surface area contributed by atoms with Gasteiger partial charge in [-0.15, -0.1) is 0 Å². The second-order valence-electron chi connectivity index (χ2n) is 6.00. The lowest BCUT2D eigenvalue weighted by Gasteiger charge is -2.09. The number of carboxylic acid groups (broad SMARTS) is 1. The summed E-state index contributed by atoms with van der Waals surface area (Å²) in [7, 11) is 0. The Labute approximate surface area is 145 Å². The van der Waals surface area contributed by atoms with Crippen molar-refractivity contribution < 1.29 is 9.90 Å². The van der Waals surface area contributed by atoms with Gasteiger partial charge in [0.25, 0.3) is 0 Å². The maximum absolute atomic E-state index is 11.6. The summed E-state index contributed by atoms with van der Waals surface area (Å²) in [6.45, 7) is 1.98. The van der Waals surface area contributed by atoms with Gasteiger partial charge in [0, 0.05) is 29.0 Å². The van der Waals surface area contributed by atoms with Crippen molar-refractivity contribution >= 4 is 16.9 Å². The molecule has 2 aromatic heterocycles. The molecule has 4 rings (SSSR count). The first-order valence-electron chi connectivity index (χ1n) is 8.00. The van der Waals surface area contributed by atoms with Crippen molar-refractivity contribution in [2.75, 3.05) is 0 Å². The molecule has 4 aromatic rings. The van der Waals surface area contributed by atoms with Crippen LogP contribution >= 0.6 is 0 Å². The first-order valence-corrected chi connectivity index (χ1v) is 8.00. The summed E-state index contributed by atoms with van der Waals surface area (Å²) < 4.78 is 2.00. The number of carboxylic acids is 1. The van der Waals surface area contributed by atoms with E-state index in [1.807, 2.05) is 66.2 Å². The van der Waals surface area contributed by atoms with E-state index in [-0.39, 0.29) is 5.56 Å². The van der Waals surface area contributed by atoms with Crippen molar-refractivity contribution in [1.82, 2.24) is 9.55 Å². The largest absolute Gasteiger partial charge is 0.478 e. The highest BCUT2D eigenvalue weighted by molar-refractivity contribution is 6.01. The molecule has 0 aliphatic carbocycles. The zero-order chi connectivity index (χ0) is 17.4. The van der Waals surface area contributed by atoms with Crippen LogP contribution in [0.25, 0.3) is 27.8 Å². The topological polar surface area (TPSA) is 55.1 Å². The van der Waals surface area contributed by atoms with E-state index in [2.05, 4.69) is 4.98 Å². The van der Waals surface area contributed by atoms with Crippen LogP contribution in [0.15, 0.2) is 73.1 Å². The monoisotopic (exact) mass is 328 g/mol. The summed E-state index contributed by atoms with van der Waals surface area (Å²) >= 11 is 0. The minimum atomic E-state index is -0.948. The van der Waals surface area contributed by atoms with E-state index in [1.54, 1.807) is 18.3 Å². The fourth-order valence-electron chi connectivity index (χ4n) is 3.02. The molecule has 2 aromatic carbocycles. The smallest absolute Gasteiger partial charge is 0.335 e. The van der Waals surface area contributed by atoms with E-state index < -0.39 is 5.97 Å². The number of hydrogen-bond acceptors (Lipinski definition) is 2. The van der Waals surface area contributed by atoms with Gasteiger partial charge >= 0.3 is 5.97 Å². The Morgan fingerprint density at radius 3 is 2.52 bits per heavy atom. The van der Waals surface area contributed by atoms with Crippen molar-refractivity contribution in [2.45, 2.75) is 6.92 Å². The van der Waals surface area contributed by atoms with Crippen molar-refractivity contribution in [3.63, 3.8) is 0 Å². The van der Waals surface area contributed by atoms with Crippen LogP contribution in [0.5, 0.6) is 0 Å². The lowest BCUT2D eigenvalue weighted by molar-refractivity contribution is 0.0697. The summed E-state index contributed by atoms with van der Waals surface area (Å²) in [5.74, 6) is -0.948. The fourth-order valence-corrected chi connectivity index (χ4v) is 3.02. The SMILES string of the molecule is Cc1ccc(-c2cc(C(=O)O)cc3c2ccn3-c2ccccc2)nc1. The van der Waals surface area contributed by atoms with Gasteiger partial charge in [0.05, 0.1) is 16.8 Å². The number of carbonyl (C=O) groups is 1. The second-order valence-corrected chi connectivity index (χ2v) is 6.00. The number of aryl methyl sites for hydroxylation is 1. The number of hydrogen-bond donors (Lipinski definition) is 1. The van der Waals surface area contributed by atoms with Gasteiger partial charge in [-0.05, 0) is 48.9 Å². The molecule has 1 N–H and O–H groups in total. The van der Waals surface area contributed by atoms with Gasteiger partial charge in [0.2, 0.25) is 0 Å². The molecular formula is C21H16N2O2. The molecule has 122 valence electrons. The third-order valence-corrected chi connectivity index (χ3v) is 4.28. The summed E-state index contributed by atoms with van der Waals surface area (Å²) in [4.78, 5) is 16.1. The molecule has 4 heteroatoms. The van der Waals surface area contributed by atoms with Crippen molar-refractivity contribution in [3.8, 4) is 16.9 Å². The van der Waals surface area contributed by atoms with Gasteiger partial charge in [0.15, 0.2) is 0 Å². The molecule has 0 saturated heterocycles. The number of rotatable bonds is 3. The molecular weight excluding hydrogens is 312 g/mol. The number of benzene rings is 2. The summed E-state index contributed by atoms with van der Waals surface area (Å²) in [6.07, 6.45) is 3.76. The van der Waals surface area contributed by atoms with Crippen LogP contribution in [-0.4, -0.2) is 20.6 Å². The molecule has 0 aliphatic rings. The minimum absolute atomic E-state index is 0.251. The molecule has 2 heterocycles. The van der Waals surface area contributed by atoms with Crippen LogP contribution in [0, 0.1) is 6.92 Å². The standard InChI is InChI=1S/C21H16N2O2/c1-14-7-8-19(22-13-14)18-11-15(21(24)25)12-20-17(18)9-10-23(20)16-5-3-2-4-6-16/h2-13H,1H3,(H,24,25). The van der Waals surface area contributed by atoms with Crippen molar-refractivity contribution in [2.24, 2.45) is 0 Å². The molecule has 0 fully saturated rings. The predicted molar refractivity (Wildman–Crippen MR) is 98.2 cm³/mol. The maximum atomic E-state index is 11.6. The normalized spacial score (nSPS) is 10.9. The Hall–Kier alpha value is -3.40. The zero-order valence-electron chi connectivity index (χ0n) is 13.7. The van der Waals surface area contributed by atoms with Crippen molar-refractivity contribution in [3.05, 3.63) is 84.2 Å². The highest BCUT2D eigenvalue weighted by atomic mass is 16.4. The average Bonchev–Trinajstić information content (AvgIpc) is 3.06. The number of nitrogens with zero attached hydrogens (tertiary/aromatic N) is 2. The Morgan fingerprint density at radius 2 is 1.84 bits per heavy atom. The Balaban J connectivity index is 2.01. The molecule has 0 aliphatic heterocycles. The van der Waals surface area contributed by atoms with E-state index in [1.165, 1.54) is 0 Å². The molecule has 0 saturated carbocycles. The molecule has 0 bridgehead atoms. The summed E-state index contributed by atoms with van der Waals surface area (Å²) in [6, 6.07) is 19.2. The fraction of sp³-hybridized carbons (Fsp3) is 0.0476. The van der Waals surface area contributed by atoms with Gasteiger partial charge in [-0.3, -0.25) is 4.98 Å². The van der Waals surface area contributed by atoms with Gasteiger partial charge in [-0.2, -0.15) is 0 Å². The number of aromatic carboxylic acids is 1. The Morgan fingerprint density at radius 1 is 1.04 bits per heavy atom. The summed E-state index contributed by atoms with van der Waals surface area (Å²) in [5, 5.41) is 10.5. The lowest BCUT2D eigenvalue weighted by atomic mass is 10.0. The lowest BCUT2D eigenvalue weighted by Crippen LogP contribution is -1.99. The first-order chi connectivity index (χ1) is 12.1. The number of para-hydroxylation sites is 1. The number of fused-ring (bicyclic) bond motifs is 1. The van der Waals surface area contributed by atoms with Gasteiger partial charge in [-0.1, -0.05) is 24.3 Å². The molecule has 4 nitrogen and oxygen atoms in total. The first kappa shape index (κ1) is 15.1. The summed E-state index contributed by atoms with van der Waals surface area (Å²) in [5.41, 5.74) is 4.75. The van der Waals surface area contributed by atoms with Crippen LogP contribution in [0.1, 0.15) is 15.9 Å². The predicted octanol–water partition coefficient (Wildman–Crippen LogP) is 4.70. The maximum Gasteiger partial charge on any atom is 0.335 e. The Bertz CT molecular complexity index is 1060. The van der Waals surface area contributed by atoms with E-state index in [9.17, 15) is 9.90 Å². The highest BCUT2D eigenvalue weighted by Crippen LogP contribution is 2.31. The molecule has 0 radical (unpaired) electrons. The van der Waals surface area contributed by atoms with Crippen LogP contribution in [0.3, 0.4) is 0 Å². The van der Waals surface area contributed by atoms with Crippen LogP contribution in [0.4, 0.5) is 0 Å². The minimum Gasteiger partial charge on any atom is -0.478 e. The zero-order valence-corrected chi connectivity index (χ0v) is 13.7. The molecule has 0 atom stereocenters. The second kappa shape index (κ2) is 5.91. The number of aromatic nitrogens is 2. The van der Waals surface area contributed by atoms with E-state index in [0.29, 0.717) is 0 Å². The van der Waals surface area contributed by atoms with E-state index >= 15 is 0 Å². The van der Waals surface area contributed by atoms with Crippen LogP contribution in [0.2, 0.25) is 0 Å². The van der Waals surface area contributed by atoms with E-state index in [4.69, 9.17) is 0 Å². The molecule has 25 heavy (non-hydrogen) atoms. The van der Waals surface area contributed by atoms with Gasteiger partial charge in [0.1, 0.15) is 0 Å². The van der Waals surface area contributed by atoms with E-state index in [0.717, 1.165) is 33.4 Å². The third kappa shape index (κ3) is 2.68. The van der Waals surface area contributed by atoms with Crippen LogP contribution in [-0.2, 0) is 0 Å². The quantitative estimate of drug-likeness (QED) is 0.593. The Kier molecular flexibility index (Phi) is 3.58. The number of pyridine rings is 1. The van der Waals surface area contributed by atoms with Crippen molar-refractivity contribution in [1.29, 1.82) is 0 Å². The van der Waals surface area contributed by atoms with Gasteiger partial charge in [-0.25, -0.2) is 4.79 Å². The molecule has 0 amide bonds. The molecule has 0 unspecified atom stereocenters. The van der Waals surface area contributed by atoms with Crippen LogP contribution < -0.4 is 0 Å².